The Morgan fingerprint density at radius 2 is 1.74 bits per heavy atom. The van der Waals surface area contributed by atoms with Crippen LogP contribution < -0.4 is 5.73 Å². The van der Waals surface area contributed by atoms with Gasteiger partial charge in [0.05, 0.1) is 5.39 Å². The van der Waals surface area contributed by atoms with Crippen LogP contribution in [0.15, 0.2) is 36.7 Å². The Kier molecular flexibility index (Phi) is 4.12. The standard InChI is InChI=1S/C13H11N3S.C2H6/c1-8-10(9-5-3-2-4-6-9)11-12(14)15-7-16-13(11)17-8;1-2/h2-7H,1H3,(H2,14,15,16);1-2H3. The van der Waals surface area contributed by atoms with Crippen LogP contribution in [0.4, 0.5) is 5.82 Å². The Bertz CT molecular complexity index is 674. The normalized spacial score (nSPS) is 10.1. The maximum Gasteiger partial charge on any atom is 0.136 e. The van der Waals surface area contributed by atoms with Crippen LogP contribution in [0.3, 0.4) is 0 Å². The van der Waals surface area contributed by atoms with Crippen LogP contribution in [0, 0.1) is 6.92 Å². The van der Waals surface area contributed by atoms with E-state index >= 15 is 0 Å². The van der Waals surface area contributed by atoms with Crippen molar-refractivity contribution >= 4 is 27.4 Å². The van der Waals surface area contributed by atoms with Crippen molar-refractivity contribution in [1.82, 2.24) is 9.97 Å². The molecule has 0 unspecified atom stereocenters. The van der Waals surface area contributed by atoms with Gasteiger partial charge in [-0.3, -0.25) is 0 Å². The molecule has 4 heteroatoms. The summed E-state index contributed by atoms with van der Waals surface area (Å²) < 4.78 is 0. The summed E-state index contributed by atoms with van der Waals surface area (Å²) in [5.74, 6) is 0.554. The quantitative estimate of drug-likeness (QED) is 0.719. The zero-order valence-electron chi connectivity index (χ0n) is 11.3. The molecule has 0 fully saturated rings. The Labute approximate surface area is 117 Å². The molecule has 2 heterocycles. The zero-order valence-corrected chi connectivity index (χ0v) is 12.2. The number of benzene rings is 1. The summed E-state index contributed by atoms with van der Waals surface area (Å²) >= 11 is 1.66. The largest absolute Gasteiger partial charge is 0.383 e. The van der Waals surface area contributed by atoms with Crippen LogP contribution in [0.1, 0.15) is 18.7 Å². The van der Waals surface area contributed by atoms with Crippen molar-refractivity contribution in [2.45, 2.75) is 20.8 Å². The number of fused-ring (bicyclic) bond motifs is 1. The number of nitrogens with zero attached hydrogens (tertiary/aromatic N) is 2. The van der Waals surface area contributed by atoms with Crippen LogP contribution in [-0.2, 0) is 0 Å². The van der Waals surface area contributed by atoms with Gasteiger partial charge in [0.2, 0.25) is 0 Å². The monoisotopic (exact) mass is 271 g/mol. The molecule has 1 aromatic carbocycles. The second-order valence-electron chi connectivity index (χ2n) is 3.84. The highest BCUT2D eigenvalue weighted by molar-refractivity contribution is 7.19. The molecule has 19 heavy (non-hydrogen) atoms. The number of anilines is 1. The highest BCUT2D eigenvalue weighted by atomic mass is 32.1. The van der Waals surface area contributed by atoms with Crippen molar-refractivity contribution in [3.05, 3.63) is 41.5 Å². The van der Waals surface area contributed by atoms with Gasteiger partial charge >= 0.3 is 0 Å². The summed E-state index contributed by atoms with van der Waals surface area (Å²) in [5.41, 5.74) is 8.28. The number of hydrogen-bond donors (Lipinski definition) is 1. The molecule has 3 aromatic rings. The van der Waals surface area contributed by atoms with Crippen LogP contribution in [-0.4, -0.2) is 9.97 Å². The highest BCUT2D eigenvalue weighted by Gasteiger charge is 2.14. The van der Waals surface area contributed by atoms with Crippen LogP contribution in [0.2, 0.25) is 0 Å². The highest BCUT2D eigenvalue weighted by Crippen LogP contribution is 2.39. The van der Waals surface area contributed by atoms with E-state index in [1.165, 1.54) is 11.2 Å². The molecule has 0 radical (unpaired) electrons. The number of hydrogen-bond acceptors (Lipinski definition) is 4. The summed E-state index contributed by atoms with van der Waals surface area (Å²) in [6.45, 7) is 6.09. The average molecular weight is 271 g/mol. The third-order valence-corrected chi connectivity index (χ3v) is 3.77. The summed E-state index contributed by atoms with van der Waals surface area (Å²) in [6, 6.07) is 10.2. The number of rotatable bonds is 1. The zero-order chi connectivity index (χ0) is 13.8. The lowest BCUT2D eigenvalue weighted by Crippen LogP contribution is -1.92. The van der Waals surface area contributed by atoms with E-state index < -0.39 is 0 Å². The molecule has 2 N–H and O–H groups in total. The lowest BCUT2D eigenvalue weighted by atomic mass is 10.0. The van der Waals surface area contributed by atoms with Gasteiger partial charge in [0.1, 0.15) is 17.0 Å². The third-order valence-electron chi connectivity index (χ3n) is 2.76. The lowest BCUT2D eigenvalue weighted by Gasteiger charge is -2.02. The second-order valence-corrected chi connectivity index (χ2v) is 5.04. The summed E-state index contributed by atoms with van der Waals surface area (Å²) in [6.07, 6.45) is 1.52. The smallest absolute Gasteiger partial charge is 0.136 e. The second kappa shape index (κ2) is 5.80. The first-order chi connectivity index (χ1) is 9.27. The Morgan fingerprint density at radius 3 is 2.42 bits per heavy atom. The van der Waals surface area contributed by atoms with Gasteiger partial charge in [0.25, 0.3) is 0 Å². The molecular weight excluding hydrogens is 254 g/mol. The van der Waals surface area contributed by atoms with Crippen molar-refractivity contribution < 1.29 is 0 Å². The maximum atomic E-state index is 5.96. The van der Waals surface area contributed by atoms with E-state index in [0.29, 0.717) is 5.82 Å². The molecule has 0 bridgehead atoms. The van der Waals surface area contributed by atoms with Gasteiger partial charge in [-0.05, 0) is 12.5 Å². The fourth-order valence-corrected chi connectivity index (χ4v) is 3.04. The first-order valence-electron chi connectivity index (χ1n) is 6.32. The number of nitrogens with two attached hydrogens (primary N) is 1. The molecule has 2 aromatic heterocycles. The molecule has 0 spiro atoms. The van der Waals surface area contributed by atoms with E-state index in [4.69, 9.17) is 5.73 Å². The summed E-state index contributed by atoms with van der Waals surface area (Å²) in [5, 5.41) is 0.973. The van der Waals surface area contributed by atoms with Gasteiger partial charge in [-0.1, -0.05) is 44.2 Å². The van der Waals surface area contributed by atoms with Crippen molar-refractivity contribution in [3.8, 4) is 11.1 Å². The van der Waals surface area contributed by atoms with Gasteiger partial charge in [0.15, 0.2) is 0 Å². The molecular formula is C15H17N3S. The van der Waals surface area contributed by atoms with E-state index in [0.717, 1.165) is 21.3 Å². The number of nitrogen functional groups attached to an aromatic ring is 1. The maximum absolute atomic E-state index is 5.96. The van der Waals surface area contributed by atoms with Crippen molar-refractivity contribution in [2.75, 3.05) is 5.73 Å². The predicted molar refractivity (Wildman–Crippen MR) is 83.3 cm³/mol. The molecule has 0 atom stereocenters. The Morgan fingerprint density at radius 1 is 1.05 bits per heavy atom. The van der Waals surface area contributed by atoms with Gasteiger partial charge < -0.3 is 5.73 Å². The van der Waals surface area contributed by atoms with Gasteiger partial charge in [-0.15, -0.1) is 11.3 Å². The molecule has 3 rings (SSSR count). The van der Waals surface area contributed by atoms with Crippen LogP contribution >= 0.6 is 11.3 Å². The molecule has 3 nitrogen and oxygen atoms in total. The van der Waals surface area contributed by atoms with Gasteiger partial charge in [-0.2, -0.15) is 0 Å². The molecule has 0 aliphatic rings. The average Bonchev–Trinajstić information content (AvgIpc) is 2.79. The van der Waals surface area contributed by atoms with E-state index in [1.54, 1.807) is 11.3 Å². The molecule has 0 aliphatic carbocycles. The first kappa shape index (κ1) is 13.5. The van der Waals surface area contributed by atoms with Crippen LogP contribution in [0.5, 0.6) is 0 Å². The fraction of sp³-hybridized carbons (Fsp3) is 0.200. The Balaban J connectivity index is 0.000000637. The SMILES string of the molecule is CC.Cc1sc2ncnc(N)c2c1-c1ccccc1. The van der Waals surface area contributed by atoms with Crippen molar-refractivity contribution in [1.29, 1.82) is 0 Å². The van der Waals surface area contributed by atoms with E-state index in [1.807, 2.05) is 32.0 Å². The number of thiophene rings is 1. The van der Waals surface area contributed by atoms with Gasteiger partial charge in [-0.25, -0.2) is 9.97 Å². The van der Waals surface area contributed by atoms with E-state index in [9.17, 15) is 0 Å². The van der Waals surface area contributed by atoms with Crippen LogP contribution in [0.25, 0.3) is 21.3 Å². The number of aromatic nitrogens is 2. The van der Waals surface area contributed by atoms with Gasteiger partial charge in [0, 0.05) is 10.4 Å². The summed E-state index contributed by atoms with van der Waals surface area (Å²) in [4.78, 5) is 10.5. The molecule has 0 saturated carbocycles. The molecule has 0 amide bonds. The minimum absolute atomic E-state index is 0.554. The van der Waals surface area contributed by atoms with E-state index in [-0.39, 0.29) is 0 Å². The lowest BCUT2D eigenvalue weighted by molar-refractivity contribution is 1.24. The third kappa shape index (κ3) is 2.44. The predicted octanol–water partition coefficient (Wildman–Crippen LogP) is 4.28. The molecule has 0 aliphatic heterocycles. The topological polar surface area (TPSA) is 51.8 Å². The van der Waals surface area contributed by atoms with E-state index in [2.05, 4.69) is 29.0 Å². The summed E-state index contributed by atoms with van der Waals surface area (Å²) in [7, 11) is 0. The number of aryl methyl sites for hydroxylation is 1. The molecule has 98 valence electrons. The Hall–Kier alpha value is -1.94. The minimum Gasteiger partial charge on any atom is -0.383 e. The minimum atomic E-state index is 0.554. The molecule has 0 saturated heterocycles. The fourth-order valence-electron chi connectivity index (χ4n) is 2.02. The van der Waals surface area contributed by atoms with Crippen molar-refractivity contribution in [3.63, 3.8) is 0 Å². The van der Waals surface area contributed by atoms with Crippen molar-refractivity contribution in [2.24, 2.45) is 0 Å². The first-order valence-corrected chi connectivity index (χ1v) is 7.14.